The van der Waals surface area contributed by atoms with E-state index in [9.17, 15) is 13.2 Å². The average molecular weight is 430 g/mol. The van der Waals surface area contributed by atoms with Crippen LogP contribution in [0.5, 0.6) is 0 Å². The molecule has 1 aliphatic carbocycles. The standard InChI is InChI=1S/C21H27N5O3S/c1-12(2)16-9-14(5-8-18(16)30(22,28)29)10-25-11-17(13(3)4)20(27)26-21(25)23-19(24-26)15-6-7-15/h5,8-9,11-13,15H,6-7,10H2,1-4H3,(H2,22,28,29). The molecule has 2 aromatic heterocycles. The molecule has 0 aliphatic heterocycles. The minimum absolute atomic E-state index is 0.00639. The van der Waals surface area contributed by atoms with Gasteiger partial charge in [0.1, 0.15) is 0 Å². The average Bonchev–Trinajstić information content (AvgIpc) is 3.41. The van der Waals surface area contributed by atoms with E-state index in [4.69, 9.17) is 5.14 Å². The molecule has 30 heavy (non-hydrogen) atoms. The smallest absolute Gasteiger partial charge is 0.279 e. The van der Waals surface area contributed by atoms with E-state index in [2.05, 4.69) is 10.1 Å². The Morgan fingerprint density at radius 2 is 1.80 bits per heavy atom. The van der Waals surface area contributed by atoms with Crippen LogP contribution in [0.3, 0.4) is 0 Å². The fraction of sp³-hybridized carbons (Fsp3) is 0.476. The lowest BCUT2D eigenvalue weighted by Gasteiger charge is -2.16. The minimum Gasteiger partial charge on any atom is -0.312 e. The van der Waals surface area contributed by atoms with Crippen molar-refractivity contribution >= 4 is 15.8 Å². The van der Waals surface area contributed by atoms with Gasteiger partial charge in [-0.3, -0.25) is 4.79 Å². The lowest BCUT2D eigenvalue weighted by Crippen LogP contribution is -2.24. The molecule has 0 bridgehead atoms. The molecule has 160 valence electrons. The van der Waals surface area contributed by atoms with Crippen molar-refractivity contribution in [1.82, 2.24) is 19.2 Å². The summed E-state index contributed by atoms with van der Waals surface area (Å²) in [7, 11) is -3.80. The number of aromatic nitrogens is 4. The predicted molar refractivity (Wildman–Crippen MR) is 114 cm³/mol. The molecule has 2 N–H and O–H groups in total. The van der Waals surface area contributed by atoms with Crippen molar-refractivity contribution in [2.75, 3.05) is 0 Å². The third-order valence-electron chi connectivity index (χ3n) is 5.52. The molecule has 0 spiro atoms. The van der Waals surface area contributed by atoms with Gasteiger partial charge in [-0.25, -0.2) is 13.6 Å². The van der Waals surface area contributed by atoms with Gasteiger partial charge in [-0.2, -0.15) is 9.50 Å². The van der Waals surface area contributed by atoms with Gasteiger partial charge in [-0.05, 0) is 41.9 Å². The van der Waals surface area contributed by atoms with Crippen LogP contribution in [0.1, 0.15) is 80.8 Å². The molecule has 3 aromatic rings. The Morgan fingerprint density at radius 1 is 1.13 bits per heavy atom. The number of nitrogens with zero attached hydrogens (tertiary/aromatic N) is 4. The predicted octanol–water partition coefficient (Wildman–Crippen LogP) is 2.71. The summed E-state index contributed by atoms with van der Waals surface area (Å²) in [6.07, 6.45) is 3.94. The normalized spacial score (nSPS) is 14.9. The summed E-state index contributed by atoms with van der Waals surface area (Å²) in [6.45, 7) is 8.26. The Bertz CT molecular complexity index is 1280. The summed E-state index contributed by atoms with van der Waals surface area (Å²) in [5, 5.41) is 9.88. The van der Waals surface area contributed by atoms with E-state index in [0.717, 1.165) is 18.4 Å². The summed E-state index contributed by atoms with van der Waals surface area (Å²) < 4.78 is 27.2. The molecule has 0 atom stereocenters. The van der Waals surface area contributed by atoms with Crippen molar-refractivity contribution < 1.29 is 8.42 Å². The van der Waals surface area contributed by atoms with Gasteiger partial charge in [0.05, 0.1) is 11.4 Å². The third kappa shape index (κ3) is 3.79. The second-order valence-corrected chi connectivity index (χ2v) is 10.2. The van der Waals surface area contributed by atoms with Crippen molar-refractivity contribution in [3.63, 3.8) is 0 Å². The Balaban J connectivity index is 1.85. The maximum absolute atomic E-state index is 12.9. The summed E-state index contributed by atoms with van der Waals surface area (Å²) in [4.78, 5) is 17.7. The van der Waals surface area contributed by atoms with Gasteiger partial charge >= 0.3 is 0 Å². The van der Waals surface area contributed by atoms with Crippen LogP contribution in [-0.4, -0.2) is 27.6 Å². The van der Waals surface area contributed by atoms with E-state index >= 15 is 0 Å². The molecule has 1 aromatic carbocycles. The van der Waals surface area contributed by atoms with Crippen molar-refractivity contribution in [2.24, 2.45) is 5.14 Å². The number of benzene rings is 1. The van der Waals surface area contributed by atoms with E-state index in [-0.39, 0.29) is 22.3 Å². The maximum atomic E-state index is 12.9. The van der Waals surface area contributed by atoms with Crippen LogP contribution in [0, 0.1) is 0 Å². The first-order valence-corrected chi connectivity index (χ1v) is 11.8. The summed E-state index contributed by atoms with van der Waals surface area (Å²) in [5.74, 6) is 1.59. The molecule has 2 heterocycles. The highest BCUT2D eigenvalue weighted by Gasteiger charge is 2.29. The van der Waals surface area contributed by atoms with Crippen LogP contribution in [0.25, 0.3) is 5.78 Å². The molecule has 1 saturated carbocycles. The molecule has 0 saturated heterocycles. The van der Waals surface area contributed by atoms with Gasteiger partial charge in [0.2, 0.25) is 15.8 Å². The van der Waals surface area contributed by atoms with Crippen LogP contribution in [0.2, 0.25) is 0 Å². The quantitative estimate of drug-likeness (QED) is 0.647. The van der Waals surface area contributed by atoms with Crippen LogP contribution in [0.4, 0.5) is 0 Å². The molecular formula is C21H27N5O3S. The van der Waals surface area contributed by atoms with Gasteiger partial charge in [0.15, 0.2) is 5.82 Å². The van der Waals surface area contributed by atoms with Crippen LogP contribution < -0.4 is 10.7 Å². The first-order chi connectivity index (χ1) is 14.1. The first kappa shape index (κ1) is 20.7. The SMILES string of the molecule is CC(C)c1cc(Cn2cc(C(C)C)c(=O)n3nc(C4CC4)nc23)ccc1S(N)(=O)=O. The van der Waals surface area contributed by atoms with Gasteiger partial charge in [0.25, 0.3) is 5.56 Å². The number of hydrogen-bond acceptors (Lipinski definition) is 5. The van der Waals surface area contributed by atoms with Gasteiger partial charge in [0, 0.05) is 17.7 Å². The van der Waals surface area contributed by atoms with E-state index in [1.54, 1.807) is 12.1 Å². The Labute approximate surface area is 175 Å². The fourth-order valence-electron chi connectivity index (χ4n) is 3.67. The largest absolute Gasteiger partial charge is 0.312 e. The van der Waals surface area contributed by atoms with Crippen molar-refractivity contribution in [3.8, 4) is 0 Å². The third-order valence-corrected chi connectivity index (χ3v) is 6.50. The number of rotatable bonds is 6. The lowest BCUT2D eigenvalue weighted by atomic mass is 10.0. The molecule has 4 rings (SSSR count). The van der Waals surface area contributed by atoms with E-state index in [1.807, 2.05) is 44.5 Å². The molecule has 0 amide bonds. The summed E-state index contributed by atoms with van der Waals surface area (Å²) >= 11 is 0. The fourth-order valence-corrected chi connectivity index (χ4v) is 4.56. The topological polar surface area (TPSA) is 112 Å². The second kappa shape index (κ2) is 7.31. The van der Waals surface area contributed by atoms with Crippen LogP contribution >= 0.6 is 0 Å². The maximum Gasteiger partial charge on any atom is 0.279 e. The van der Waals surface area contributed by atoms with Crippen molar-refractivity contribution in [1.29, 1.82) is 0 Å². The Morgan fingerprint density at radius 3 is 2.37 bits per heavy atom. The summed E-state index contributed by atoms with van der Waals surface area (Å²) in [6, 6.07) is 5.18. The van der Waals surface area contributed by atoms with E-state index < -0.39 is 10.0 Å². The lowest BCUT2D eigenvalue weighted by molar-refractivity contribution is 0.595. The molecule has 0 unspecified atom stereocenters. The number of nitrogens with two attached hydrogens (primary N) is 1. The van der Waals surface area contributed by atoms with Crippen molar-refractivity contribution in [2.45, 2.75) is 69.7 Å². The second-order valence-electron chi connectivity index (χ2n) is 8.70. The van der Waals surface area contributed by atoms with Gasteiger partial charge in [-0.1, -0.05) is 39.8 Å². The number of primary sulfonamides is 1. The Kier molecular flexibility index (Phi) is 5.06. The van der Waals surface area contributed by atoms with Crippen LogP contribution in [0.15, 0.2) is 34.1 Å². The molecule has 9 heteroatoms. The molecule has 8 nitrogen and oxygen atoms in total. The highest BCUT2D eigenvalue weighted by molar-refractivity contribution is 7.89. The van der Waals surface area contributed by atoms with Gasteiger partial charge in [-0.15, -0.1) is 5.10 Å². The Hall–Kier alpha value is -2.52. The van der Waals surface area contributed by atoms with Crippen molar-refractivity contribution in [3.05, 3.63) is 57.3 Å². The van der Waals surface area contributed by atoms with E-state index in [1.165, 1.54) is 4.52 Å². The molecule has 1 aliphatic rings. The van der Waals surface area contributed by atoms with Crippen LogP contribution in [-0.2, 0) is 16.6 Å². The zero-order chi connectivity index (χ0) is 21.8. The number of fused-ring (bicyclic) bond motifs is 1. The number of hydrogen-bond donors (Lipinski definition) is 1. The highest BCUT2D eigenvalue weighted by atomic mass is 32.2. The molecule has 0 radical (unpaired) electrons. The molecular weight excluding hydrogens is 402 g/mol. The first-order valence-electron chi connectivity index (χ1n) is 10.2. The monoisotopic (exact) mass is 429 g/mol. The zero-order valence-electron chi connectivity index (χ0n) is 17.7. The van der Waals surface area contributed by atoms with Gasteiger partial charge < -0.3 is 4.57 Å². The number of sulfonamides is 1. The zero-order valence-corrected chi connectivity index (χ0v) is 18.5. The highest BCUT2D eigenvalue weighted by Crippen LogP contribution is 2.38. The molecule has 1 fully saturated rings. The minimum atomic E-state index is -3.80. The summed E-state index contributed by atoms with van der Waals surface area (Å²) in [5.41, 5.74) is 2.11. The van der Waals surface area contributed by atoms with E-state index in [0.29, 0.717) is 35.2 Å².